The van der Waals surface area contributed by atoms with Crippen molar-refractivity contribution >= 4 is 0 Å². The summed E-state index contributed by atoms with van der Waals surface area (Å²) in [6, 6.07) is 34.3. The van der Waals surface area contributed by atoms with Gasteiger partial charge in [-0.15, -0.1) is 0 Å². The Bertz CT molecular complexity index is 1670. The van der Waals surface area contributed by atoms with E-state index in [4.69, 9.17) is 19.2 Å². The minimum atomic E-state index is 0.0478. The molecule has 2 aliphatic rings. The summed E-state index contributed by atoms with van der Waals surface area (Å²) < 4.78 is 19.8. The van der Waals surface area contributed by atoms with Gasteiger partial charge < -0.3 is 18.8 Å². The number of benzene rings is 4. The molecular weight excluding hydrogens is 546 g/mol. The summed E-state index contributed by atoms with van der Waals surface area (Å²) in [5, 5.41) is 0. The van der Waals surface area contributed by atoms with Crippen molar-refractivity contribution < 1.29 is 14.2 Å². The van der Waals surface area contributed by atoms with E-state index < -0.39 is 0 Å². The zero-order chi connectivity index (χ0) is 29.9. The van der Waals surface area contributed by atoms with Crippen molar-refractivity contribution in [2.75, 3.05) is 13.4 Å². The lowest BCUT2D eigenvalue weighted by atomic mass is 10.0. The molecule has 0 unspecified atom stereocenters. The Kier molecular flexibility index (Phi) is 8.08. The van der Waals surface area contributed by atoms with Crippen LogP contribution in [0.3, 0.4) is 0 Å². The van der Waals surface area contributed by atoms with Crippen molar-refractivity contribution in [2.24, 2.45) is 0 Å². The van der Waals surface area contributed by atoms with Crippen molar-refractivity contribution in [3.05, 3.63) is 119 Å². The highest BCUT2D eigenvalue weighted by Crippen LogP contribution is 2.39. The second kappa shape index (κ2) is 12.6. The normalized spacial score (nSPS) is 14.1. The van der Waals surface area contributed by atoms with Crippen LogP contribution < -0.4 is 14.2 Å². The van der Waals surface area contributed by atoms with E-state index in [2.05, 4.69) is 114 Å². The summed E-state index contributed by atoms with van der Waals surface area (Å²) >= 11 is 0. The van der Waals surface area contributed by atoms with Gasteiger partial charge in [-0.1, -0.05) is 92.2 Å². The molecule has 0 bridgehead atoms. The van der Waals surface area contributed by atoms with Gasteiger partial charge in [-0.3, -0.25) is 4.90 Å². The highest BCUT2D eigenvalue weighted by atomic mass is 16.7. The van der Waals surface area contributed by atoms with Gasteiger partial charge in [0.15, 0.2) is 11.5 Å². The van der Waals surface area contributed by atoms with Crippen LogP contribution in [0.15, 0.2) is 97.1 Å². The second-order valence-electron chi connectivity index (χ2n) is 11.7. The van der Waals surface area contributed by atoms with Crippen molar-refractivity contribution in [3.8, 4) is 39.9 Å². The summed E-state index contributed by atoms with van der Waals surface area (Å²) in [4.78, 5) is 7.95. The zero-order valence-corrected chi connectivity index (χ0v) is 25.5. The minimum Gasteiger partial charge on any atom is -0.493 e. The average molecular weight is 586 g/mol. The first-order valence-corrected chi connectivity index (χ1v) is 15.8. The number of imidazole rings is 1. The van der Waals surface area contributed by atoms with Gasteiger partial charge in [-0.05, 0) is 48.2 Å². The lowest BCUT2D eigenvalue weighted by molar-refractivity contribution is 0.173. The van der Waals surface area contributed by atoms with Crippen LogP contribution in [-0.2, 0) is 26.1 Å². The average Bonchev–Trinajstić information content (AvgIpc) is 3.82. The summed E-state index contributed by atoms with van der Waals surface area (Å²) in [7, 11) is 0. The SMILES string of the molecule is CCCCn1c(-c2ccccc2)nc(-c2ccccc2)c1[C@@H](C)N(Cc1ccc2c(c1)OCC2)Cc1ccc2c(c1)OCO2. The number of aromatic nitrogens is 2. The van der Waals surface area contributed by atoms with E-state index in [0.29, 0.717) is 0 Å². The molecule has 3 heterocycles. The standard InChI is InChI=1S/C38H39N3O3/c1-3-4-20-41-37(36(31-11-7-5-8-12-31)39-38(41)32-13-9-6-10-14-32)27(2)40(24-28-15-17-30-19-21-42-34(30)22-28)25-29-16-18-33-35(23-29)44-26-43-33/h5-18,22-23,27H,3-4,19-21,24-26H2,1-2H3/t27-/m1/s1. The van der Waals surface area contributed by atoms with Gasteiger partial charge in [0.25, 0.3) is 0 Å². The monoisotopic (exact) mass is 585 g/mol. The van der Waals surface area contributed by atoms with Crippen LogP contribution >= 0.6 is 0 Å². The fourth-order valence-electron chi connectivity index (χ4n) is 6.37. The number of hydrogen-bond acceptors (Lipinski definition) is 5. The number of unbranched alkanes of at least 4 members (excludes halogenated alkanes) is 1. The Hall–Kier alpha value is -4.55. The molecule has 0 amide bonds. The lowest BCUT2D eigenvalue weighted by Crippen LogP contribution is -2.28. The molecule has 0 fully saturated rings. The highest BCUT2D eigenvalue weighted by Gasteiger charge is 2.28. The molecule has 44 heavy (non-hydrogen) atoms. The molecule has 6 nitrogen and oxygen atoms in total. The maximum Gasteiger partial charge on any atom is 0.231 e. The number of hydrogen-bond donors (Lipinski definition) is 0. The molecule has 0 saturated carbocycles. The second-order valence-corrected chi connectivity index (χ2v) is 11.7. The number of ether oxygens (including phenoxy) is 3. The van der Waals surface area contributed by atoms with E-state index in [1.807, 2.05) is 6.07 Å². The first-order valence-electron chi connectivity index (χ1n) is 15.8. The number of nitrogens with zero attached hydrogens (tertiary/aromatic N) is 3. The van der Waals surface area contributed by atoms with Gasteiger partial charge in [-0.2, -0.15) is 0 Å². The molecule has 0 spiro atoms. The Labute approximate surface area is 259 Å². The minimum absolute atomic E-state index is 0.0478. The lowest BCUT2D eigenvalue weighted by Gasteiger charge is -2.31. The Morgan fingerprint density at radius 3 is 2.20 bits per heavy atom. The first-order chi connectivity index (χ1) is 21.7. The maximum atomic E-state index is 5.96. The molecular formula is C38H39N3O3. The Morgan fingerprint density at radius 1 is 0.773 bits per heavy atom. The van der Waals surface area contributed by atoms with Crippen molar-refractivity contribution in [2.45, 2.75) is 58.8 Å². The predicted molar refractivity (Wildman–Crippen MR) is 174 cm³/mol. The number of rotatable bonds is 11. The van der Waals surface area contributed by atoms with Crippen LogP contribution in [0.2, 0.25) is 0 Å². The summed E-state index contributed by atoms with van der Waals surface area (Å²) in [5.41, 5.74) is 8.27. The molecule has 1 aromatic heterocycles. The van der Waals surface area contributed by atoms with Gasteiger partial charge in [-0.25, -0.2) is 4.98 Å². The predicted octanol–water partition coefficient (Wildman–Crippen LogP) is 8.44. The first kappa shape index (κ1) is 28.2. The molecule has 0 radical (unpaired) electrons. The van der Waals surface area contributed by atoms with Crippen LogP contribution in [0.1, 0.15) is 55.1 Å². The van der Waals surface area contributed by atoms with Gasteiger partial charge in [0, 0.05) is 37.2 Å². The van der Waals surface area contributed by atoms with Crippen LogP contribution in [0, 0.1) is 0 Å². The van der Waals surface area contributed by atoms with Crippen molar-refractivity contribution in [1.82, 2.24) is 14.5 Å². The summed E-state index contributed by atoms with van der Waals surface area (Å²) in [6.07, 6.45) is 3.16. The third-order valence-electron chi connectivity index (χ3n) is 8.73. The fraction of sp³-hybridized carbons (Fsp3) is 0.289. The fourth-order valence-corrected chi connectivity index (χ4v) is 6.37. The smallest absolute Gasteiger partial charge is 0.231 e. The Morgan fingerprint density at radius 2 is 1.45 bits per heavy atom. The van der Waals surface area contributed by atoms with Gasteiger partial charge in [0.05, 0.1) is 24.0 Å². The molecule has 6 heteroatoms. The van der Waals surface area contributed by atoms with Gasteiger partial charge in [0.1, 0.15) is 11.6 Å². The molecule has 0 saturated heterocycles. The third-order valence-corrected chi connectivity index (χ3v) is 8.73. The Balaban J connectivity index is 1.35. The molecule has 0 N–H and O–H groups in total. The molecule has 1 atom stereocenters. The van der Waals surface area contributed by atoms with Crippen LogP contribution in [0.4, 0.5) is 0 Å². The van der Waals surface area contributed by atoms with E-state index in [1.165, 1.54) is 22.4 Å². The van der Waals surface area contributed by atoms with Gasteiger partial charge >= 0.3 is 0 Å². The molecule has 224 valence electrons. The van der Waals surface area contributed by atoms with Crippen molar-refractivity contribution in [3.63, 3.8) is 0 Å². The van der Waals surface area contributed by atoms with E-state index in [-0.39, 0.29) is 12.8 Å². The van der Waals surface area contributed by atoms with Crippen molar-refractivity contribution in [1.29, 1.82) is 0 Å². The summed E-state index contributed by atoms with van der Waals surface area (Å²) in [6.45, 7) is 8.02. The van der Waals surface area contributed by atoms with Gasteiger partial charge in [0.2, 0.25) is 6.79 Å². The third kappa shape index (κ3) is 5.70. The largest absolute Gasteiger partial charge is 0.493 e. The summed E-state index contributed by atoms with van der Waals surface area (Å²) in [5.74, 6) is 3.65. The molecule has 5 aromatic rings. The quantitative estimate of drug-likeness (QED) is 0.156. The molecule has 0 aliphatic carbocycles. The number of fused-ring (bicyclic) bond motifs is 2. The van der Waals surface area contributed by atoms with E-state index in [0.717, 1.165) is 85.4 Å². The van der Waals surface area contributed by atoms with E-state index >= 15 is 0 Å². The van der Waals surface area contributed by atoms with E-state index in [1.54, 1.807) is 0 Å². The topological polar surface area (TPSA) is 48.8 Å². The highest BCUT2D eigenvalue weighted by molar-refractivity contribution is 5.69. The van der Waals surface area contributed by atoms with Crippen LogP contribution in [0.25, 0.3) is 22.6 Å². The van der Waals surface area contributed by atoms with Crippen LogP contribution in [0.5, 0.6) is 17.2 Å². The molecule has 2 aliphatic heterocycles. The molecule has 4 aromatic carbocycles. The van der Waals surface area contributed by atoms with Crippen LogP contribution in [-0.4, -0.2) is 27.9 Å². The maximum absolute atomic E-state index is 5.96. The van der Waals surface area contributed by atoms with E-state index in [9.17, 15) is 0 Å². The zero-order valence-electron chi connectivity index (χ0n) is 25.5. The molecule has 7 rings (SSSR count).